The highest BCUT2D eigenvalue weighted by Gasteiger charge is 2.20. The first-order valence-electron chi connectivity index (χ1n) is 10.5. The fourth-order valence-corrected chi connectivity index (χ4v) is 4.04. The predicted molar refractivity (Wildman–Crippen MR) is 117 cm³/mol. The summed E-state index contributed by atoms with van der Waals surface area (Å²) in [6.45, 7) is 11.0. The van der Waals surface area contributed by atoms with Crippen molar-refractivity contribution in [2.24, 2.45) is 7.05 Å². The standard InChI is InChI=1S/C24H33N3O/c1-7-9-17(14-28)20-13-27(6)24-19(20)12-16(5)23(26-24)18-10-11-22(15(3)4)25-21(18)8-2/h10-13,15,17,28H,7-9,14H2,1-6H3/t17-/m0/s1. The molecule has 1 atom stereocenters. The maximum atomic E-state index is 9.88. The first-order chi connectivity index (χ1) is 13.4. The summed E-state index contributed by atoms with van der Waals surface area (Å²) in [5, 5.41) is 11.0. The number of rotatable bonds is 7. The van der Waals surface area contributed by atoms with Crippen LogP contribution in [0.2, 0.25) is 0 Å². The zero-order valence-electron chi connectivity index (χ0n) is 18.1. The minimum atomic E-state index is 0.166. The topological polar surface area (TPSA) is 50.9 Å². The van der Waals surface area contributed by atoms with Crippen molar-refractivity contribution in [3.8, 4) is 11.3 Å². The van der Waals surface area contributed by atoms with Crippen LogP contribution in [0.3, 0.4) is 0 Å². The molecule has 150 valence electrons. The lowest BCUT2D eigenvalue weighted by Crippen LogP contribution is -2.03. The molecule has 4 nitrogen and oxygen atoms in total. The molecule has 3 heterocycles. The van der Waals surface area contributed by atoms with Gasteiger partial charge in [-0.3, -0.25) is 4.98 Å². The van der Waals surface area contributed by atoms with Gasteiger partial charge in [-0.2, -0.15) is 0 Å². The molecular formula is C24H33N3O. The van der Waals surface area contributed by atoms with Gasteiger partial charge in [0, 0.05) is 41.5 Å². The molecule has 0 radical (unpaired) electrons. The molecule has 0 fully saturated rings. The van der Waals surface area contributed by atoms with Crippen LogP contribution >= 0.6 is 0 Å². The van der Waals surface area contributed by atoms with Crippen molar-refractivity contribution in [1.29, 1.82) is 0 Å². The summed E-state index contributed by atoms with van der Waals surface area (Å²) in [5.41, 5.74) is 7.70. The normalized spacial score (nSPS) is 12.9. The molecule has 0 unspecified atom stereocenters. The van der Waals surface area contributed by atoms with Crippen molar-refractivity contribution in [2.75, 3.05) is 6.61 Å². The minimum absolute atomic E-state index is 0.166. The number of aliphatic hydroxyl groups is 1. The molecule has 0 saturated heterocycles. The van der Waals surface area contributed by atoms with E-state index in [0.29, 0.717) is 5.92 Å². The molecule has 0 saturated carbocycles. The number of pyridine rings is 2. The predicted octanol–water partition coefficient (Wildman–Crippen LogP) is 5.51. The maximum Gasteiger partial charge on any atom is 0.140 e. The summed E-state index contributed by atoms with van der Waals surface area (Å²) < 4.78 is 2.09. The van der Waals surface area contributed by atoms with Gasteiger partial charge in [0.05, 0.1) is 12.3 Å². The van der Waals surface area contributed by atoms with Crippen LogP contribution in [0.15, 0.2) is 24.4 Å². The maximum absolute atomic E-state index is 9.88. The Morgan fingerprint density at radius 3 is 2.50 bits per heavy atom. The van der Waals surface area contributed by atoms with Gasteiger partial charge >= 0.3 is 0 Å². The van der Waals surface area contributed by atoms with E-state index in [9.17, 15) is 5.11 Å². The number of fused-ring (bicyclic) bond motifs is 1. The molecule has 0 bridgehead atoms. The number of aliphatic hydroxyl groups excluding tert-OH is 1. The molecule has 28 heavy (non-hydrogen) atoms. The van der Waals surface area contributed by atoms with E-state index in [1.807, 2.05) is 7.05 Å². The molecule has 3 aromatic heterocycles. The molecule has 1 N–H and O–H groups in total. The molecule has 0 aliphatic rings. The number of nitrogens with zero attached hydrogens (tertiary/aromatic N) is 3. The van der Waals surface area contributed by atoms with Crippen molar-refractivity contribution in [3.63, 3.8) is 0 Å². The van der Waals surface area contributed by atoms with Gasteiger partial charge in [0.2, 0.25) is 0 Å². The highest BCUT2D eigenvalue weighted by Crippen LogP contribution is 2.34. The van der Waals surface area contributed by atoms with E-state index < -0.39 is 0 Å². The summed E-state index contributed by atoms with van der Waals surface area (Å²) >= 11 is 0. The third kappa shape index (κ3) is 3.70. The van der Waals surface area contributed by atoms with E-state index in [1.54, 1.807) is 0 Å². The van der Waals surface area contributed by atoms with Crippen molar-refractivity contribution in [2.45, 2.75) is 65.7 Å². The van der Waals surface area contributed by atoms with Gasteiger partial charge in [0.1, 0.15) is 5.65 Å². The SMILES string of the molecule is CCC[C@@H](CO)c1cn(C)c2nc(-c3ccc(C(C)C)nc3CC)c(C)cc12. The highest BCUT2D eigenvalue weighted by molar-refractivity contribution is 5.85. The molecule has 0 amide bonds. The van der Waals surface area contributed by atoms with Crippen LogP contribution in [-0.2, 0) is 13.5 Å². The first kappa shape index (κ1) is 20.5. The molecule has 0 aliphatic carbocycles. The van der Waals surface area contributed by atoms with Crippen molar-refractivity contribution in [3.05, 3.63) is 46.9 Å². The summed E-state index contributed by atoms with van der Waals surface area (Å²) in [4.78, 5) is 9.97. The summed E-state index contributed by atoms with van der Waals surface area (Å²) in [6.07, 6.45) is 5.06. The molecular weight excluding hydrogens is 346 g/mol. The minimum Gasteiger partial charge on any atom is -0.396 e. The van der Waals surface area contributed by atoms with Crippen molar-refractivity contribution < 1.29 is 5.11 Å². The van der Waals surface area contributed by atoms with E-state index in [1.165, 1.54) is 5.56 Å². The van der Waals surface area contributed by atoms with Crippen LogP contribution in [0.5, 0.6) is 0 Å². The first-order valence-corrected chi connectivity index (χ1v) is 10.5. The third-order valence-corrected chi connectivity index (χ3v) is 5.65. The lowest BCUT2D eigenvalue weighted by Gasteiger charge is -2.15. The Labute approximate surface area is 168 Å². The van der Waals surface area contributed by atoms with Crippen LogP contribution < -0.4 is 0 Å². The van der Waals surface area contributed by atoms with Gasteiger partial charge in [-0.25, -0.2) is 4.98 Å². The highest BCUT2D eigenvalue weighted by atomic mass is 16.3. The lowest BCUT2D eigenvalue weighted by molar-refractivity contribution is 0.259. The van der Waals surface area contributed by atoms with Gasteiger partial charge in [-0.1, -0.05) is 34.1 Å². The second-order valence-electron chi connectivity index (χ2n) is 8.13. The van der Waals surface area contributed by atoms with E-state index in [-0.39, 0.29) is 12.5 Å². The van der Waals surface area contributed by atoms with Gasteiger partial charge in [-0.05, 0) is 55.0 Å². The fraction of sp³-hybridized carbons (Fsp3) is 0.500. The Bertz CT molecular complexity index is 972. The second kappa shape index (κ2) is 8.44. The Morgan fingerprint density at radius 2 is 1.89 bits per heavy atom. The van der Waals surface area contributed by atoms with E-state index in [2.05, 4.69) is 63.6 Å². The summed E-state index contributed by atoms with van der Waals surface area (Å²) in [7, 11) is 2.04. The molecule has 0 aliphatic heterocycles. The Kier molecular flexibility index (Phi) is 6.19. The Hall–Kier alpha value is -2.20. The van der Waals surface area contributed by atoms with Gasteiger partial charge < -0.3 is 9.67 Å². The Balaban J connectivity index is 2.17. The van der Waals surface area contributed by atoms with Crippen LogP contribution in [0.1, 0.15) is 74.9 Å². The van der Waals surface area contributed by atoms with E-state index >= 15 is 0 Å². The van der Waals surface area contributed by atoms with Gasteiger partial charge in [0.25, 0.3) is 0 Å². The van der Waals surface area contributed by atoms with Crippen LogP contribution in [-0.4, -0.2) is 26.2 Å². The molecule has 0 aromatic carbocycles. The second-order valence-corrected chi connectivity index (χ2v) is 8.13. The quantitative estimate of drug-likeness (QED) is 0.589. The zero-order valence-corrected chi connectivity index (χ0v) is 18.1. The monoisotopic (exact) mass is 379 g/mol. The van der Waals surface area contributed by atoms with E-state index in [0.717, 1.165) is 58.5 Å². The number of aryl methyl sites for hydroxylation is 3. The summed E-state index contributed by atoms with van der Waals surface area (Å²) in [6, 6.07) is 6.55. The smallest absolute Gasteiger partial charge is 0.140 e. The van der Waals surface area contributed by atoms with Crippen LogP contribution in [0, 0.1) is 6.92 Å². The van der Waals surface area contributed by atoms with E-state index in [4.69, 9.17) is 9.97 Å². The molecule has 3 rings (SSSR count). The Morgan fingerprint density at radius 1 is 1.14 bits per heavy atom. The van der Waals surface area contributed by atoms with Crippen LogP contribution in [0.25, 0.3) is 22.3 Å². The van der Waals surface area contributed by atoms with Gasteiger partial charge in [0.15, 0.2) is 0 Å². The number of hydrogen-bond donors (Lipinski definition) is 1. The largest absolute Gasteiger partial charge is 0.396 e. The average molecular weight is 380 g/mol. The van der Waals surface area contributed by atoms with Crippen molar-refractivity contribution >= 4 is 11.0 Å². The fourth-order valence-electron chi connectivity index (χ4n) is 4.04. The van der Waals surface area contributed by atoms with Crippen molar-refractivity contribution in [1.82, 2.24) is 14.5 Å². The van der Waals surface area contributed by atoms with Crippen LogP contribution in [0.4, 0.5) is 0 Å². The summed E-state index contributed by atoms with van der Waals surface area (Å²) in [5.74, 6) is 0.583. The number of hydrogen-bond acceptors (Lipinski definition) is 3. The number of aromatic nitrogens is 3. The molecule has 4 heteroatoms. The molecule has 3 aromatic rings. The lowest BCUT2D eigenvalue weighted by atomic mass is 9.94. The van der Waals surface area contributed by atoms with Gasteiger partial charge in [-0.15, -0.1) is 0 Å². The molecule has 0 spiro atoms. The zero-order chi connectivity index (χ0) is 20.4. The average Bonchev–Trinajstić information content (AvgIpc) is 3.00. The third-order valence-electron chi connectivity index (χ3n) is 5.65.